The highest BCUT2D eigenvalue weighted by Gasteiger charge is 2.16. The Morgan fingerprint density at radius 1 is 0.576 bits per heavy atom. The van der Waals surface area contributed by atoms with Gasteiger partial charge in [-0.2, -0.15) is 0 Å². The first-order valence-corrected chi connectivity index (χ1v) is 14.6. The number of carbonyl (C=O) groups is 2. The molecule has 0 rings (SSSR count). The molecule has 0 saturated carbocycles. The molecule has 0 heterocycles. The second kappa shape index (κ2) is 25.6. The summed E-state index contributed by atoms with van der Waals surface area (Å²) in [6.07, 6.45) is 27.3. The van der Waals surface area contributed by atoms with Gasteiger partial charge < -0.3 is 10.1 Å². The first-order valence-electron chi connectivity index (χ1n) is 14.6. The van der Waals surface area contributed by atoms with Crippen LogP contribution >= 0.6 is 0 Å². The van der Waals surface area contributed by atoms with Crippen LogP contribution in [0.1, 0.15) is 162 Å². The average Bonchev–Trinajstić information content (AvgIpc) is 2.80. The molecule has 1 N–H and O–H groups in total. The Morgan fingerprint density at radius 3 is 1.36 bits per heavy atom. The summed E-state index contributed by atoms with van der Waals surface area (Å²) in [5, 5.41) is 2.78. The Morgan fingerprint density at radius 2 is 0.939 bits per heavy atom. The third-order valence-electron chi connectivity index (χ3n) is 6.48. The van der Waals surface area contributed by atoms with Crippen molar-refractivity contribution >= 4 is 11.9 Å². The molecule has 0 aliphatic carbocycles. The van der Waals surface area contributed by atoms with Crippen molar-refractivity contribution < 1.29 is 14.3 Å². The third-order valence-corrected chi connectivity index (χ3v) is 6.48. The van der Waals surface area contributed by atoms with Crippen LogP contribution in [0.2, 0.25) is 0 Å². The van der Waals surface area contributed by atoms with Gasteiger partial charge in [-0.3, -0.25) is 4.79 Å². The van der Waals surface area contributed by atoms with Gasteiger partial charge in [0.15, 0.2) is 0 Å². The van der Waals surface area contributed by atoms with Crippen molar-refractivity contribution in [3.63, 3.8) is 0 Å². The fourth-order valence-electron chi connectivity index (χ4n) is 4.21. The van der Waals surface area contributed by atoms with E-state index in [4.69, 9.17) is 4.74 Å². The number of hydrogen-bond acceptors (Lipinski definition) is 3. The number of rotatable bonds is 25. The van der Waals surface area contributed by atoms with Gasteiger partial charge in [0.05, 0.1) is 6.61 Å². The molecule has 0 spiro atoms. The number of nitrogens with one attached hydrogen (secondary N) is 1. The minimum Gasteiger partial charge on any atom is -0.464 e. The highest BCUT2D eigenvalue weighted by molar-refractivity contribution is 5.84. The van der Waals surface area contributed by atoms with Gasteiger partial charge in [-0.25, -0.2) is 4.79 Å². The van der Waals surface area contributed by atoms with E-state index < -0.39 is 6.04 Å². The molecule has 0 aliphatic rings. The predicted molar refractivity (Wildman–Crippen MR) is 141 cm³/mol. The number of ether oxygens (including phenoxy) is 1. The maximum Gasteiger partial charge on any atom is 0.328 e. The fraction of sp³-hybridized carbons (Fsp3) is 0.931. The molecule has 4 heteroatoms. The Balaban J connectivity index is 3.41. The van der Waals surface area contributed by atoms with Crippen molar-refractivity contribution in [2.45, 2.75) is 168 Å². The summed E-state index contributed by atoms with van der Waals surface area (Å²) in [7, 11) is 0. The van der Waals surface area contributed by atoms with Gasteiger partial charge in [-0.15, -0.1) is 0 Å². The molecule has 0 unspecified atom stereocenters. The monoisotopic (exact) mass is 467 g/mol. The average molecular weight is 468 g/mol. The Bertz CT molecular complexity index is 439. The molecule has 0 aromatic rings. The first kappa shape index (κ1) is 31.9. The van der Waals surface area contributed by atoms with Gasteiger partial charge >= 0.3 is 5.97 Å². The molecule has 0 bridgehead atoms. The van der Waals surface area contributed by atoms with Gasteiger partial charge in [-0.1, -0.05) is 136 Å². The largest absolute Gasteiger partial charge is 0.464 e. The molecule has 0 fully saturated rings. The van der Waals surface area contributed by atoms with Gasteiger partial charge in [0.1, 0.15) is 6.04 Å². The van der Waals surface area contributed by atoms with Crippen molar-refractivity contribution in [1.82, 2.24) is 5.32 Å². The van der Waals surface area contributed by atoms with Crippen molar-refractivity contribution in [3.05, 3.63) is 0 Å². The van der Waals surface area contributed by atoms with E-state index in [1.54, 1.807) is 6.92 Å². The van der Waals surface area contributed by atoms with Crippen LogP contribution in [0.15, 0.2) is 0 Å². The summed E-state index contributed by atoms with van der Waals surface area (Å²) in [5.41, 5.74) is 0. The van der Waals surface area contributed by atoms with Crippen LogP contribution in [0.3, 0.4) is 0 Å². The molecule has 33 heavy (non-hydrogen) atoms. The number of esters is 1. The summed E-state index contributed by atoms with van der Waals surface area (Å²) < 4.78 is 5.29. The van der Waals surface area contributed by atoms with E-state index in [0.717, 1.165) is 25.7 Å². The Hall–Kier alpha value is -1.06. The van der Waals surface area contributed by atoms with E-state index in [2.05, 4.69) is 19.2 Å². The van der Waals surface area contributed by atoms with Crippen LogP contribution in [-0.4, -0.2) is 24.5 Å². The number of carbonyl (C=O) groups excluding carboxylic acids is 2. The quantitative estimate of drug-likeness (QED) is 0.108. The number of hydrogen-bond donors (Lipinski definition) is 1. The van der Waals surface area contributed by atoms with E-state index in [0.29, 0.717) is 13.0 Å². The lowest BCUT2D eigenvalue weighted by molar-refractivity contribution is -0.147. The van der Waals surface area contributed by atoms with Gasteiger partial charge in [0.2, 0.25) is 5.91 Å². The Labute approximate surface area is 206 Å². The van der Waals surface area contributed by atoms with Crippen molar-refractivity contribution in [2.75, 3.05) is 6.61 Å². The van der Waals surface area contributed by atoms with Crippen molar-refractivity contribution in [1.29, 1.82) is 0 Å². The maximum atomic E-state index is 12.0. The van der Waals surface area contributed by atoms with Crippen molar-refractivity contribution in [3.8, 4) is 0 Å². The maximum absolute atomic E-state index is 12.0. The standard InChI is InChI=1S/C29H57NO3/c1-4-6-8-10-12-13-14-15-16-17-18-19-20-21-23-25-28(31)30-27(3)29(32)33-26-24-22-11-9-7-5-2/h27H,4-26H2,1-3H3,(H,30,31)/t27-/m0/s1. The summed E-state index contributed by atoms with van der Waals surface area (Å²) in [4.78, 5) is 24.0. The lowest BCUT2D eigenvalue weighted by Gasteiger charge is -2.13. The lowest BCUT2D eigenvalue weighted by atomic mass is 10.0. The predicted octanol–water partition coefficient (Wildman–Crippen LogP) is 8.66. The molecular weight excluding hydrogens is 410 g/mol. The van der Waals surface area contributed by atoms with Crippen LogP contribution in [-0.2, 0) is 14.3 Å². The van der Waals surface area contributed by atoms with Gasteiger partial charge in [0, 0.05) is 6.42 Å². The molecule has 0 radical (unpaired) electrons. The minimum atomic E-state index is -0.547. The van der Waals surface area contributed by atoms with Crippen LogP contribution in [0.4, 0.5) is 0 Å². The second-order valence-electron chi connectivity index (χ2n) is 9.92. The molecule has 196 valence electrons. The molecule has 0 aromatic carbocycles. The summed E-state index contributed by atoms with van der Waals surface area (Å²) in [5.74, 6) is -0.345. The highest BCUT2D eigenvalue weighted by Crippen LogP contribution is 2.13. The molecule has 1 atom stereocenters. The second-order valence-corrected chi connectivity index (χ2v) is 9.92. The van der Waals surface area contributed by atoms with Gasteiger partial charge in [-0.05, 0) is 19.8 Å². The van der Waals surface area contributed by atoms with E-state index in [1.165, 1.54) is 109 Å². The van der Waals surface area contributed by atoms with E-state index in [9.17, 15) is 9.59 Å². The Kier molecular flexibility index (Phi) is 24.7. The van der Waals surface area contributed by atoms with E-state index in [-0.39, 0.29) is 11.9 Å². The zero-order valence-electron chi connectivity index (χ0n) is 22.6. The first-order chi connectivity index (χ1) is 16.1. The zero-order chi connectivity index (χ0) is 24.4. The van der Waals surface area contributed by atoms with Crippen LogP contribution in [0.25, 0.3) is 0 Å². The summed E-state index contributed by atoms with van der Waals surface area (Å²) in [6, 6.07) is -0.547. The molecule has 1 amide bonds. The zero-order valence-corrected chi connectivity index (χ0v) is 22.6. The number of unbranched alkanes of at least 4 members (excludes halogenated alkanes) is 19. The number of amides is 1. The van der Waals surface area contributed by atoms with E-state index >= 15 is 0 Å². The van der Waals surface area contributed by atoms with Crippen LogP contribution in [0.5, 0.6) is 0 Å². The normalized spacial score (nSPS) is 12.0. The topological polar surface area (TPSA) is 55.4 Å². The molecular formula is C29H57NO3. The summed E-state index contributed by atoms with van der Waals surface area (Å²) >= 11 is 0. The SMILES string of the molecule is CCCCCCCCCCCCCCCCCC(=O)N[C@@H](C)C(=O)OCCCCCCCC. The minimum absolute atomic E-state index is 0.0336. The smallest absolute Gasteiger partial charge is 0.328 e. The molecule has 0 aliphatic heterocycles. The van der Waals surface area contributed by atoms with Crippen LogP contribution in [0, 0.1) is 0 Å². The molecule has 4 nitrogen and oxygen atoms in total. The lowest BCUT2D eigenvalue weighted by Crippen LogP contribution is -2.39. The van der Waals surface area contributed by atoms with Crippen molar-refractivity contribution in [2.24, 2.45) is 0 Å². The molecule has 0 saturated heterocycles. The third kappa shape index (κ3) is 23.9. The molecule has 0 aromatic heterocycles. The van der Waals surface area contributed by atoms with E-state index in [1.807, 2.05) is 0 Å². The highest BCUT2D eigenvalue weighted by atomic mass is 16.5. The fourth-order valence-corrected chi connectivity index (χ4v) is 4.21. The van der Waals surface area contributed by atoms with Gasteiger partial charge in [0.25, 0.3) is 0 Å². The van der Waals surface area contributed by atoms with Crippen LogP contribution < -0.4 is 5.32 Å². The summed E-state index contributed by atoms with van der Waals surface area (Å²) in [6.45, 7) is 6.66.